The Morgan fingerprint density at radius 2 is 1.76 bits per heavy atom. The molecule has 0 saturated heterocycles. The molecular formula is C18H17Cl2N3OS. The Kier molecular flexibility index (Phi) is 5.89. The van der Waals surface area contributed by atoms with Gasteiger partial charge in [-0.2, -0.15) is 0 Å². The molecule has 0 atom stereocenters. The fourth-order valence-electron chi connectivity index (χ4n) is 2.26. The minimum absolute atomic E-state index is 0.363. The first-order chi connectivity index (χ1) is 12.1. The van der Waals surface area contributed by atoms with E-state index in [1.807, 2.05) is 61.0 Å². The highest BCUT2D eigenvalue weighted by Gasteiger charge is 2.13. The molecule has 0 fully saturated rings. The molecule has 3 rings (SSSR count). The summed E-state index contributed by atoms with van der Waals surface area (Å²) in [7, 11) is 1.92. The SMILES string of the molecule is Cc1ccccc1OCc1nnc(SCc2c(Cl)cccc2Cl)n1C. The largest absolute Gasteiger partial charge is 0.485 e. The average Bonchev–Trinajstić information content (AvgIpc) is 2.94. The van der Waals surface area contributed by atoms with Gasteiger partial charge < -0.3 is 9.30 Å². The first kappa shape index (κ1) is 18.1. The smallest absolute Gasteiger partial charge is 0.191 e. The molecular weight excluding hydrogens is 377 g/mol. The van der Waals surface area contributed by atoms with Crippen molar-refractivity contribution in [1.82, 2.24) is 14.8 Å². The Morgan fingerprint density at radius 1 is 1.04 bits per heavy atom. The average molecular weight is 394 g/mol. The lowest BCUT2D eigenvalue weighted by atomic mass is 10.2. The monoisotopic (exact) mass is 393 g/mol. The van der Waals surface area contributed by atoms with Gasteiger partial charge in [0, 0.05) is 22.8 Å². The molecule has 0 bridgehead atoms. The van der Waals surface area contributed by atoms with Gasteiger partial charge in [-0.1, -0.05) is 59.2 Å². The molecule has 0 amide bonds. The molecule has 7 heteroatoms. The van der Waals surface area contributed by atoms with Gasteiger partial charge in [0.2, 0.25) is 0 Å². The molecule has 1 aromatic heterocycles. The number of para-hydroxylation sites is 1. The molecule has 25 heavy (non-hydrogen) atoms. The highest BCUT2D eigenvalue weighted by Crippen LogP contribution is 2.31. The Labute approximate surface area is 161 Å². The topological polar surface area (TPSA) is 39.9 Å². The van der Waals surface area contributed by atoms with Gasteiger partial charge >= 0.3 is 0 Å². The molecule has 0 aliphatic heterocycles. The van der Waals surface area contributed by atoms with Gasteiger partial charge in [-0.15, -0.1) is 10.2 Å². The van der Waals surface area contributed by atoms with Crippen LogP contribution in [0, 0.1) is 6.92 Å². The summed E-state index contributed by atoms with van der Waals surface area (Å²) < 4.78 is 7.77. The Bertz CT molecular complexity index is 862. The Balaban J connectivity index is 1.66. The second kappa shape index (κ2) is 8.13. The lowest BCUT2D eigenvalue weighted by molar-refractivity contribution is 0.288. The zero-order valence-corrected chi connectivity index (χ0v) is 16.2. The number of aromatic nitrogens is 3. The number of nitrogens with zero attached hydrogens (tertiary/aromatic N) is 3. The summed E-state index contributed by atoms with van der Waals surface area (Å²) >= 11 is 14.0. The van der Waals surface area contributed by atoms with Crippen LogP contribution in [0.5, 0.6) is 5.75 Å². The molecule has 0 aliphatic rings. The predicted octanol–water partition coefficient (Wildman–Crippen LogP) is 5.30. The molecule has 4 nitrogen and oxygen atoms in total. The molecule has 0 N–H and O–H groups in total. The van der Waals surface area contributed by atoms with E-state index in [-0.39, 0.29) is 0 Å². The van der Waals surface area contributed by atoms with Crippen molar-refractivity contribution in [2.45, 2.75) is 24.4 Å². The van der Waals surface area contributed by atoms with Crippen LogP contribution in [0.25, 0.3) is 0 Å². The summed E-state index contributed by atoms with van der Waals surface area (Å²) in [6, 6.07) is 13.4. The minimum Gasteiger partial charge on any atom is -0.485 e. The van der Waals surface area contributed by atoms with Crippen LogP contribution in [0.3, 0.4) is 0 Å². The molecule has 1 heterocycles. The number of hydrogen-bond acceptors (Lipinski definition) is 4. The van der Waals surface area contributed by atoms with Gasteiger partial charge in [-0.05, 0) is 36.2 Å². The lowest BCUT2D eigenvalue weighted by Crippen LogP contribution is -2.05. The van der Waals surface area contributed by atoms with Crippen molar-refractivity contribution in [3.05, 3.63) is 69.5 Å². The van der Waals surface area contributed by atoms with Crippen LogP contribution in [-0.4, -0.2) is 14.8 Å². The van der Waals surface area contributed by atoms with E-state index in [1.165, 1.54) is 11.8 Å². The second-order valence-electron chi connectivity index (χ2n) is 5.50. The first-order valence-electron chi connectivity index (χ1n) is 7.68. The van der Waals surface area contributed by atoms with Crippen molar-refractivity contribution >= 4 is 35.0 Å². The van der Waals surface area contributed by atoms with Gasteiger partial charge in [0.15, 0.2) is 11.0 Å². The maximum absolute atomic E-state index is 6.21. The van der Waals surface area contributed by atoms with Gasteiger partial charge in [0.05, 0.1) is 0 Å². The van der Waals surface area contributed by atoms with Gasteiger partial charge in [0.1, 0.15) is 12.4 Å². The third-order valence-electron chi connectivity index (χ3n) is 3.78. The van der Waals surface area contributed by atoms with Gasteiger partial charge in [-0.3, -0.25) is 0 Å². The second-order valence-corrected chi connectivity index (χ2v) is 7.26. The molecule has 0 unspecified atom stereocenters. The van der Waals surface area contributed by atoms with Gasteiger partial charge in [0.25, 0.3) is 0 Å². The molecule has 2 aromatic carbocycles. The van der Waals surface area contributed by atoms with E-state index in [0.717, 1.165) is 27.9 Å². The fourth-order valence-corrected chi connectivity index (χ4v) is 3.94. The van der Waals surface area contributed by atoms with Crippen LogP contribution in [0.2, 0.25) is 10.0 Å². The molecule has 0 aliphatic carbocycles. The number of rotatable bonds is 6. The van der Waals surface area contributed by atoms with Gasteiger partial charge in [-0.25, -0.2) is 0 Å². The van der Waals surface area contributed by atoms with E-state index in [0.29, 0.717) is 22.4 Å². The van der Waals surface area contributed by atoms with E-state index in [9.17, 15) is 0 Å². The number of benzene rings is 2. The van der Waals surface area contributed by atoms with E-state index < -0.39 is 0 Å². The lowest BCUT2D eigenvalue weighted by Gasteiger charge is -2.09. The Hall–Kier alpha value is -1.69. The van der Waals surface area contributed by atoms with Crippen LogP contribution in [-0.2, 0) is 19.4 Å². The molecule has 0 radical (unpaired) electrons. The van der Waals surface area contributed by atoms with Crippen molar-refractivity contribution in [2.24, 2.45) is 7.05 Å². The highest BCUT2D eigenvalue weighted by molar-refractivity contribution is 7.98. The summed E-state index contributed by atoms with van der Waals surface area (Å²) in [6.07, 6.45) is 0. The quantitative estimate of drug-likeness (QED) is 0.532. The van der Waals surface area contributed by atoms with Crippen LogP contribution >= 0.6 is 35.0 Å². The van der Waals surface area contributed by atoms with Crippen LogP contribution < -0.4 is 4.74 Å². The molecule has 3 aromatic rings. The van der Waals surface area contributed by atoms with Crippen LogP contribution in [0.15, 0.2) is 47.6 Å². The third-order valence-corrected chi connectivity index (χ3v) is 5.54. The standard InChI is InChI=1S/C18H17Cl2N3OS/c1-12-6-3-4-9-16(12)24-10-17-21-22-18(23(17)2)25-11-13-14(19)7-5-8-15(13)20/h3-9H,10-11H2,1-2H3. The minimum atomic E-state index is 0.363. The number of ether oxygens (including phenoxy) is 1. The maximum atomic E-state index is 6.21. The number of halogens is 2. The summed E-state index contributed by atoms with van der Waals surface area (Å²) in [4.78, 5) is 0. The van der Waals surface area contributed by atoms with Crippen molar-refractivity contribution in [3.63, 3.8) is 0 Å². The van der Waals surface area contributed by atoms with Crippen molar-refractivity contribution in [1.29, 1.82) is 0 Å². The predicted molar refractivity (Wildman–Crippen MR) is 103 cm³/mol. The van der Waals surface area contributed by atoms with E-state index >= 15 is 0 Å². The number of aryl methyl sites for hydroxylation is 1. The maximum Gasteiger partial charge on any atom is 0.191 e. The highest BCUT2D eigenvalue weighted by atomic mass is 35.5. The zero-order chi connectivity index (χ0) is 17.8. The molecule has 0 spiro atoms. The summed E-state index contributed by atoms with van der Waals surface area (Å²) in [5.74, 6) is 2.24. The third kappa shape index (κ3) is 4.29. The van der Waals surface area contributed by atoms with E-state index in [2.05, 4.69) is 10.2 Å². The zero-order valence-electron chi connectivity index (χ0n) is 13.9. The van der Waals surface area contributed by atoms with Crippen molar-refractivity contribution in [3.8, 4) is 5.75 Å². The normalized spacial score (nSPS) is 10.9. The van der Waals surface area contributed by atoms with E-state index in [1.54, 1.807) is 0 Å². The first-order valence-corrected chi connectivity index (χ1v) is 9.43. The fraction of sp³-hybridized carbons (Fsp3) is 0.222. The van der Waals surface area contributed by atoms with Crippen LogP contribution in [0.4, 0.5) is 0 Å². The summed E-state index contributed by atoms with van der Waals surface area (Å²) in [5, 5.41) is 10.6. The van der Waals surface area contributed by atoms with Crippen molar-refractivity contribution < 1.29 is 4.74 Å². The number of thioether (sulfide) groups is 1. The van der Waals surface area contributed by atoms with E-state index in [4.69, 9.17) is 27.9 Å². The summed E-state index contributed by atoms with van der Waals surface area (Å²) in [6.45, 7) is 2.38. The molecule has 130 valence electrons. The Morgan fingerprint density at radius 3 is 2.48 bits per heavy atom. The molecule has 0 saturated carbocycles. The summed E-state index contributed by atoms with van der Waals surface area (Å²) in [5.41, 5.74) is 1.99. The number of hydrogen-bond donors (Lipinski definition) is 0. The van der Waals surface area contributed by atoms with Crippen LogP contribution in [0.1, 0.15) is 17.0 Å². The van der Waals surface area contributed by atoms with Crippen molar-refractivity contribution in [2.75, 3.05) is 0 Å².